The number of fused-ring (bicyclic) bond motifs is 3. The Kier molecular flexibility index (Phi) is 7.51. The first-order chi connectivity index (χ1) is 15.3. The molecule has 1 aliphatic rings. The van der Waals surface area contributed by atoms with E-state index in [1.165, 1.54) is 4.90 Å². The highest BCUT2D eigenvalue weighted by molar-refractivity contribution is 5.82. The van der Waals surface area contributed by atoms with Gasteiger partial charge in [0.2, 0.25) is 5.91 Å². The minimum atomic E-state index is -1.06. The number of carbonyl (C=O) groups excluding carboxylic acids is 2. The Morgan fingerprint density at radius 3 is 2.09 bits per heavy atom. The van der Waals surface area contributed by atoms with Gasteiger partial charge >= 0.3 is 12.1 Å². The number of alkyl carbamates (subject to hydrolysis) is 1. The molecule has 7 heteroatoms. The molecule has 170 valence electrons. The highest BCUT2D eigenvalue weighted by Crippen LogP contribution is 2.44. The van der Waals surface area contributed by atoms with Crippen LogP contribution < -0.4 is 5.32 Å². The van der Waals surface area contributed by atoms with E-state index in [9.17, 15) is 14.4 Å². The summed E-state index contributed by atoms with van der Waals surface area (Å²) >= 11 is 0. The molecule has 0 aliphatic heterocycles. The van der Waals surface area contributed by atoms with Crippen LogP contribution >= 0.6 is 0 Å². The van der Waals surface area contributed by atoms with Gasteiger partial charge in [-0.1, -0.05) is 62.4 Å². The first kappa shape index (κ1) is 23.3. The van der Waals surface area contributed by atoms with E-state index >= 15 is 0 Å². The molecule has 7 nitrogen and oxygen atoms in total. The molecule has 2 aromatic carbocycles. The third-order valence-corrected chi connectivity index (χ3v) is 5.45. The zero-order valence-electron chi connectivity index (χ0n) is 18.7. The summed E-state index contributed by atoms with van der Waals surface area (Å²) in [5.74, 6) is -1.27. The van der Waals surface area contributed by atoms with Crippen molar-refractivity contribution in [3.05, 3.63) is 59.7 Å². The van der Waals surface area contributed by atoms with Crippen LogP contribution in [0.5, 0.6) is 0 Å². The highest BCUT2D eigenvalue weighted by Gasteiger charge is 2.29. The van der Waals surface area contributed by atoms with Crippen molar-refractivity contribution in [1.82, 2.24) is 10.2 Å². The van der Waals surface area contributed by atoms with Crippen molar-refractivity contribution >= 4 is 18.0 Å². The van der Waals surface area contributed by atoms with Crippen LogP contribution in [0.15, 0.2) is 48.5 Å². The predicted octanol–water partition coefficient (Wildman–Crippen LogP) is 3.87. The van der Waals surface area contributed by atoms with Crippen LogP contribution in [0.3, 0.4) is 0 Å². The minimum Gasteiger partial charge on any atom is -0.480 e. The zero-order valence-corrected chi connectivity index (χ0v) is 18.7. The molecular weight excluding hydrogens is 408 g/mol. The molecule has 0 saturated carbocycles. The monoisotopic (exact) mass is 438 g/mol. The second-order valence-corrected chi connectivity index (χ2v) is 8.64. The number of carboxylic acids is 1. The molecule has 32 heavy (non-hydrogen) atoms. The molecule has 1 aliphatic carbocycles. The number of aliphatic carboxylic acids is 1. The van der Waals surface area contributed by atoms with Crippen LogP contribution in [0.25, 0.3) is 11.1 Å². The Morgan fingerprint density at radius 2 is 1.56 bits per heavy atom. The van der Waals surface area contributed by atoms with Crippen molar-refractivity contribution < 1.29 is 24.2 Å². The van der Waals surface area contributed by atoms with Gasteiger partial charge in [0.1, 0.15) is 13.2 Å². The molecule has 0 aromatic heterocycles. The lowest BCUT2D eigenvalue weighted by Gasteiger charge is -2.24. The molecule has 2 aromatic rings. The third kappa shape index (κ3) is 5.66. The lowest BCUT2D eigenvalue weighted by molar-refractivity contribution is -0.145. The number of nitrogens with one attached hydrogen (secondary N) is 1. The van der Waals surface area contributed by atoms with Gasteiger partial charge in [0, 0.05) is 24.9 Å². The van der Waals surface area contributed by atoms with Crippen molar-refractivity contribution in [3.8, 4) is 11.1 Å². The van der Waals surface area contributed by atoms with Crippen molar-refractivity contribution in [3.63, 3.8) is 0 Å². The van der Waals surface area contributed by atoms with Crippen LogP contribution in [0.1, 0.15) is 44.2 Å². The zero-order chi connectivity index (χ0) is 23.3. The number of hydrogen-bond donors (Lipinski definition) is 2. The third-order valence-electron chi connectivity index (χ3n) is 5.45. The Morgan fingerprint density at radius 1 is 1.00 bits per heavy atom. The largest absolute Gasteiger partial charge is 0.480 e. The van der Waals surface area contributed by atoms with Crippen LogP contribution in [-0.2, 0) is 14.3 Å². The van der Waals surface area contributed by atoms with E-state index in [2.05, 4.69) is 17.4 Å². The van der Waals surface area contributed by atoms with Crippen molar-refractivity contribution in [1.29, 1.82) is 0 Å². The number of benzene rings is 2. The summed E-state index contributed by atoms with van der Waals surface area (Å²) in [6, 6.07) is 15.7. The van der Waals surface area contributed by atoms with Crippen LogP contribution in [0, 0.1) is 5.92 Å². The van der Waals surface area contributed by atoms with Crippen LogP contribution in [-0.4, -0.2) is 53.7 Å². The normalized spacial score (nSPS) is 13.2. The molecule has 3 rings (SSSR count). The molecule has 0 spiro atoms. The van der Waals surface area contributed by atoms with E-state index < -0.39 is 18.1 Å². The maximum absolute atomic E-state index is 12.5. The summed E-state index contributed by atoms with van der Waals surface area (Å²) in [5.41, 5.74) is 4.56. The number of rotatable bonds is 9. The second-order valence-electron chi connectivity index (χ2n) is 8.64. The fourth-order valence-corrected chi connectivity index (χ4v) is 4.14. The topological polar surface area (TPSA) is 95.9 Å². The molecule has 0 radical (unpaired) electrons. The molecule has 1 atom stereocenters. The number of carboxylic acid groups (broad SMARTS) is 1. The second kappa shape index (κ2) is 10.3. The first-order valence-electron chi connectivity index (χ1n) is 10.9. The van der Waals surface area contributed by atoms with Gasteiger partial charge in [-0.15, -0.1) is 0 Å². The van der Waals surface area contributed by atoms with Gasteiger partial charge in [-0.05, 0) is 35.1 Å². The molecule has 0 heterocycles. The Balaban J connectivity index is 1.56. The van der Waals surface area contributed by atoms with Crippen LogP contribution in [0.4, 0.5) is 4.79 Å². The van der Waals surface area contributed by atoms with E-state index in [1.807, 2.05) is 50.2 Å². The number of ether oxygens (including phenoxy) is 1. The summed E-state index contributed by atoms with van der Waals surface area (Å²) < 4.78 is 5.51. The number of carbonyl (C=O) groups is 3. The average Bonchev–Trinajstić information content (AvgIpc) is 3.05. The predicted molar refractivity (Wildman–Crippen MR) is 121 cm³/mol. The Hall–Kier alpha value is -3.35. The average molecular weight is 439 g/mol. The maximum atomic E-state index is 12.5. The van der Waals surface area contributed by atoms with Crippen LogP contribution in [0.2, 0.25) is 0 Å². The SMILES string of the molecule is CC(C)CN(CC(=O)O)C(=O)CC(C)NC(=O)OCC1c2ccccc2-c2ccccc21. The summed E-state index contributed by atoms with van der Waals surface area (Å²) in [4.78, 5) is 37.3. The van der Waals surface area contributed by atoms with Gasteiger partial charge in [0.05, 0.1) is 0 Å². The molecule has 2 amide bonds. The molecule has 0 fully saturated rings. The summed E-state index contributed by atoms with van der Waals surface area (Å²) in [5, 5.41) is 11.7. The molecule has 2 N–H and O–H groups in total. The number of hydrogen-bond acceptors (Lipinski definition) is 4. The van der Waals surface area contributed by atoms with Gasteiger partial charge in [0.15, 0.2) is 0 Å². The highest BCUT2D eigenvalue weighted by atomic mass is 16.5. The standard InChI is InChI=1S/C25H30N2O5/c1-16(2)13-27(14-24(29)30)23(28)12-17(3)26-25(31)32-15-22-20-10-6-4-8-18(20)19-9-5-7-11-21(19)22/h4-11,16-17,22H,12-15H2,1-3H3,(H,26,31)(H,29,30). The fraction of sp³-hybridized carbons (Fsp3) is 0.400. The molecule has 0 saturated heterocycles. The van der Waals surface area contributed by atoms with E-state index in [1.54, 1.807) is 6.92 Å². The van der Waals surface area contributed by atoms with Gasteiger partial charge < -0.3 is 20.1 Å². The number of amides is 2. The smallest absolute Gasteiger partial charge is 0.407 e. The van der Waals surface area contributed by atoms with Crippen molar-refractivity contribution in [2.45, 2.75) is 39.2 Å². The maximum Gasteiger partial charge on any atom is 0.407 e. The Labute approximate surface area is 188 Å². The Bertz CT molecular complexity index is 942. The van der Waals surface area contributed by atoms with Gasteiger partial charge in [0.25, 0.3) is 0 Å². The molecular formula is C25H30N2O5. The van der Waals surface area contributed by atoms with Gasteiger partial charge in [-0.3, -0.25) is 9.59 Å². The first-order valence-corrected chi connectivity index (χ1v) is 10.9. The van der Waals surface area contributed by atoms with E-state index in [-0.39, 0.29) is 37.3 Å². The van der Waals surface area contributed by atoms with Crippen molar-refractivity contribution in [2.75, 3.05) is 19.7 Å². The number of nitrogens with zero attached hydrogens (tertiary/aromatic N) is 1. The van der Waals surface area contributed by atoms with E-state index in [4.69, 9.17) is 9.84 Å². The fourth-order valence-electron chi connectivity index (χ4n) is 4.14. The quantitative estimate of drug-likeness (QED) is 0.620. The summed E-state index contributed by atoms with van der Waals surface area (Å²) in [6.45, 7) is 5.73. The summed E-state index contributed by atoms with van der Waals surface area (Å²) in [7, 11) is 0. The minimum absolute atomic E-state index is 0.00416. The lowest BCUT2D eigenvalue weighted by Crippen LogP contribution is -2.42. The van der Waals surface area contributed by atoms with Gasteiger partial charge in [-0.2, -0.15) is 0 Å². The van der Waals surface area contributed by atoms with Crippen molar-refractivity contribution in [2.24, 2.45) is 5.92 Å². The van der Waals surface area contributed by atoms with Gasteiger partial charge in [-0.25, -0.2) is 4.79 Å². The summed E-state index contributed by atoms with van der Waals surface area (Å²) in [6.07, 6.45) is -0.592. The van der Waals surface area contributed by atoms with E-state index in [0.717, 1.165) is 22.3 Å². The van der Waals surface area contributed by atoms with E-state index in [0.29, 0.717) is 6.54 Å². The molecule has 0 bridgehead atoms. The molecule has 1 unspecified atom stereocenters. The lowest BCUT2D eigenvalue weighted by atomic mass is 9.98.